The maximum atomic E-state index is 12.4. The van der Waals surface area contributed by atoms with Crippen LogP contribution in [0.3, 0.4) is 0 Å². The van der Waals surface area contributed by atoms with Gasteiger partial charge >= 0.3 is 6.09 Å². The molecule has 158 valence electrons. The van der Waals surface area contributed by atoms with Crippen LogP contribution < -0.4 is 10.1 Å². The summed E-state index contributed by atoms with van der Waals surface area (Å²) in [5.74, 6) is 0.210. The van der Waals surface area contributed by atoms with Gasteiger partial charge < -0.3 is 19.6 Å². The van der Waals surface area contributed by atoms with Crippen LogP contribution >= 0.6 is 0 Å². The molecule has 9 heteroatoms. The number of nitrogens with one attached hydrogen (secondary N) is 1. The van der Waals surface area contributed by atoms with Crippen LogP contribution in [0, 0.1) is 0 Å². The van der Waals surface area contributed by atoms with E-state index in [0.717, 1.165) is 18.4 Å². The molecule has 30 heavy (non-hydrogen) atoms. The van der Waals surface area contributed by atoms with Gasteiger partial charge in [0.25, 0.3) is 5.91 Å². The van der Waals surface area contributed by atoms with Crippen molar-refractivity contribution in [2.75, 3.05) is 19.6 Å². The van der Waals surface area contributed by atoms with Crippen molar-refractivity contribution in [1.82, 2.24) is 15.1 Å². The summed E-state index contributed by atoms with van der Waals surface area (Å²) in [5, 5.41) is 11.4. The monoisotopic (exact) mass is 413 g/mol. The lowest BCUT2D eigenvalue weighted by atomic mass is 9.89. The molecule has 0 radical (unpaired) electrons. The van der Waals surface area contributed by atoms with Gasteiger partial charge in [0.1, 0.15) is 17.6 Å². The molecule has 1 aromatic carbocycles. The number of piperidine rings is 2. The average molecular weight is 413 g/mol. The van der Waals surface area contributed by atoms with Crippen molar-refractivity contribution in [2.45, 2.75) is 37.6 Å². The zero-order valence-corrected chi connectivity index (χ0v) is 16.4. The molecular formula is C21H23N3O6. The molecule has 2 saturated heterocycles. The zero-order valence-electron chi connectivity index (χ0n) is 16.4. The molecule has 9 nitrogen and oxygen atoms in total. The van der Waals surface area contributed by atoms with Gasteiger partial charge in [-0.05, 0) is 42.9 Å². The molecular weight excluding hydrogens is 390 g/mol. The van der Waals surface area contributed by atoms with Crippen LogP contribution in [0.2, 0.25) is 0 Å². The zero-order chi connectivity index (χ0) is 21.3. The normalized spacial score (nSPS) is 22.7. The van der Waals surface area contributed by atoms with Crippen molar-refractivity contribution in [3.63, 3.8) is 0 Å². The lowest BCUT2D eigenvalue weighted by Gasteiger charge is -2.30. The number of rotatable bonds is 4. The quantitative estimate of drug-likeness (QED) is 0.722. The first-order chi connectivity index (χ1) is 14.4. The molecule has 3 heterocycles. The van der Waals surface area contributed by atoms with E-state index in [9.17, 15) is 19.2 Å². The van der Waals surface area contributed by atoms with E-state index >= 15 is 0 Å². The van der Waals surface area contributed by atoms with Gasteiger partial charge in [0, 0.05) is 25.6 Å². The fourth-order valence-corrected chi connectivity index (χ4v) is 4.20. The van der Waals surface area contributed by atoms with E-state index < -0.39 is 18.0 Å². The number of carboxylic acid groups (broad SMARTS) is 1. The van der Waals surface area contributed by atoms with Crippen LogP contribution in [0.1, 0.15) is 37.2 Å². The van der Waals surface area contributed by atoms with E-state index in [2.05, 4.69) is 5.32 Å². The smallest absolute Gasteiger partial charge is 0.407 e. The second-order valence-corrected chi connectivity index (χ2v) is 7.76. The van der Waals surface area contributed by atoms with E-state index in [-0.39, 0.29) is 30.7 Å². The molecule has 2 fully saturated rings. The summed E-state index contributed by atoms with van der Waals surface area (Å²) in [5.41, 5.74) is 1.07. The molecule has 1 unspecified atom stereocenters. The maximum Gasteiger partial charge on any atom is 0.407 e. The largest absolute Gasteiger partial charge is 0.465 e. The van der Waals surface area contributed by atoms with Gasteiger partial charge in [0.05, 0.1) is 6.54 Å². The third kappa shape index (κ3) is 4.14. The van der Waals surface area contributed by atoms with Crippen LogP contribution in [0.15, 0.2) is 36.1 Å². The number of nitrogens with zero attached hydrogens (tertiary/aromatic N) is 2. The van der Waals surface area contributed by atoms with Gasteiger partial charge in [-0.15, -0.1) is 0 Å². The van der Waals surface area contributed by atoms with Gasteiger partial charge in [-0.25, -0.2) is 4.79 Å². The first kappa shape index (κ1) is 19.9. The van der Waals surface area contributed by atoms with Gasteiger partial charge in [-0.3, -0.25) is 19.7 Å². The minimum absolute atomic E-state index is 0.173. The first-order valence-corrected chi connectivity index (χ1v) is 10.0. The number of carbonyl (C=O) groups excluding carboxylic acids is 3. The Labute approximate surface area is 173 Å². The Morgan fingerprint density at radius 1 is 1.13 bits per heavy atom. The Kier molecular flexibility index (Phi) is 5.43. The Balaban J connectivity index is 1.38. The van der Waals surface area contributed by atoms with Crippen molar-refractivity contribution in [3.05, 3.63) is 41.7 Å². The SMILES string of the molecule is O=C1CCC(N2CC(Oc3cccc(C4CCN(C(=O)O)CC4)c3)=CC2=O)C(=O)N1. The maximum absolute atomic E-state index is 12.4. The van der Waals surface area contributed by atoms with E-state index in [0.29, 0.717) is 31.0 Å². The molecule has 0 bridgehead atoms. The third-order valence-corrected chi connectivity index (χ3v) is 5.82. The molecule has 0 aromatic heterocycles. The molecule has 0 saturated carbocycles. The molecule has 0 spiro atoms. The highest BCUT2D eigenvalue weighted by atomic mass is 16.5. The summed E-state index contributed by atoms with van der Waals surface area (Å²) < 4.78 is 5.91. The summed E-state index contributed by atoms with van der Waals surface area (Å²) in [6, 6.07) is 6.93. The highest BCUT2D eigenvalue weighted by Crippen LogP contribution is 2.31. The van der Waals surface area contributed by atoms with E-state index in [1.165, 1.54) is 15.9 Å². The number of hydrogen-bond acceptors (Lipinski definition) is 5. The minimum Gasteiger partial charge on any atom is -0.465 e. The molecule has 2 N–H and O–H groups in total. The number of amides is 4. The van der Waals surface area contributed by atoms with Crippen LogP contribution in [0.5, 0.6) is 5.75 Å². The standard InChI is InChI=1S/C21H23N3O6/c25-18-5-4-17(20(27)22-18)24-12-16(11-19(24)26)30-15-3-1-2-14(10-15)13-6-8-23(9-7-13)21(28)29/h1-3,10-11,13,17H,4-9,12H2,(H,28,29)(H,22,25,27). The molecule has 4 amide bonds. The topological polar surface area (TPSA) is 116 Å². The van der Waals surface area contributed by atoms with Crippen molar-refractivity contribution in [2.24, 2.45) is 0 Å². The van der Waals surface area contributed by atoms with Gasteiger partial charge in [0.2, 0.25) is 11.8 Å². The Hall–Kier alpha value is -3.36. The molecule has 0 aliphatic carbocycles. The molecule has 3 aliphatic rings. The van der Waals surface area contributed by atoms with Gasteiger partial charge in [0.15, 0.2) is 0 Å². The first-order valence-electron chi connectivity index (χ1n) is 10.0. The summed E-state index contributed by atoms with van der Waals surface area (Å²) in [6.45, 7) is 1.18. The average Bonchev–Trinajstić information content (AvgIpc) is 3.08. The molecule has 1 atom stereocenters. The van der Waals surface area contributed by atoms with Crippen LogP contribution in [-0.4, -0.2) is 64.4 Å². The summed E-state index contributed by atoms with van der Waals surface area (Å²) in [6.07, 6.45) is 2.51. The lowest BCUT2D eigenvalue weighted by molar-refractivity contribution is -0.142. The van der Waals surface area contributed by atoms with Crippen molar-refractivity contribution in [3.8, 4) is 5.75 Å². The highest BCUT2D eigenvalue weighted by molar-refractivity contribution is 6.03. The second kappa shape index (κ2) is 8.17. The number of likely N-dealkylation sites (tertiary alicyclic amines) is 1. The minimum atomic E-state index is -0.885. The summed E-state index contributed by atoms with van der Waals surface area (Å²) in [7, 11) is 0. The van der Waals surface area contributed by atoms with E-state index in [4.69, 9.17) is 9.84 Å². The molecule has 4 rings (SSSR count). The van der Waals surface area contributed by atoms with E-state index in [1.807, 2.05) is 18.2 Å². The Morgan fingerprint density at radius 2 is 1.90 bits per heavy atom. The van der Waals surface area contributed by atoms with Crippen LogP contribution in [-0.2, 0) is 14.4 Å². The highest BCUT2D eigenvalue weighted by Gasteiger charge is 2.37. The fraction of sp³-hybridized carbons (Fsp3) is 0.429. The predicted octanol–water partition coefficient (Wildman–Crippen LogP) is 1.45. The predicted molar refractivity (Wildman–Crippen MR) is 105 cm³/mol. The van der Waals surface area contributed by atoms with Crippen LogP contribution in [0.25, 0.3) is 0 Å². The lowest BCUT2D eigenvalue weighted by Crippen LogP contribution is -2.53. The fourth-order valence-electron chi connectivity index (χ4n) is 4.20. The summed E-state index contributed by atoms with van der Waals surface area (Å²) in [4.78, 5) is 49.7. The second-order valence-electron chi connectivity index (χ2n) is 7.76. The number of carbonyl (C=O) groups is 4. The number of ether oxygens (including phenoxy) is 1. The number of benzene rings is 1. The molecule has 1 aromatic rings. The number of imide groups is 1. The molecule has 3 aliphatic heterocycles. The van der Waals surface area contributed by atoms with E-state index in [1.54, 1.807) is 6.07 Å². The Bertz CT molecular complexity index is 919. The van der Waals surface area contributed by atoms with Crippen molar-refractivity contribution >= 4 is 23.8 Å². The van der Waals surface area contributed by atoms with Gasteiger partial charge in [-0.2, -0.15) is 0 Å². The van der Waals surface area contributed by atoms with Crippen LogP contribution in [0.4, 0.5) is 4.79 Å². The third-order valence-electron chi connectivity index (χ3n) is 5.82. The summed E-state index contributed by atoms with van der Waals surface area (Å²) >= 11 is 0. The Morgan fingerprint density at radius 3 is 2.60 bits per heavy atom. The van der Waals surface area contributed by atoms with Gasteiger partial charge in [-0.1, -0.05) is 12.1 Å². The van der Waals surface area contributed by atoms with Crippen molar-refractivity contribution < 1.29 is 29.0 Å². The number of hydrogen-bond donors (Lipinski definition) is 2. The van der Waals surface area contributed by atoms with Crippen molar-refractivity contribution in [1.29, 1.82) is 0 Å².